The van der Waals surface area contributed by atoms with Crippen molar-refractivity contribution in [1.82, 2.24) is 4.98 Å². The van der Waals surface area contributed by atoms with Crippen LogP contribution in [0.3, 0.4) is 0 Å². The average Bonchev–Trinajstić information content (AvgIpc) is 2.89. The van der Waals surface area contributed by atoms with Crippen molar-refractivity contribution in [3.05, 3.63) is 40.2 Å². The smallest absolute Gasteiger partial charge is 0.410 e. The van der Waals surface area contributed by atoms with E-state index < -0.39 is 6.09 Å². The molecule has 2 heterocycles. The lowest BCUT2D eigenvalue weighted by Gasteiger charge is -2.08. The molecular weight excluding hydrogens is 266 g/mol. The lowest BCUT2D eigenvalue weighted by Crippen LogP contribution is -2.09. The van der Waals surface area contributed by atoms with Crippen molar-refractivity contribution in [1.29, 1.82) is 5.26 Å². The van der Waals surface area contributed by atoms with Gasteiger partial charge in [-0.15, -0.1) is 11.3 Å². The molecule has 2 aromatic rings. The highest BCUT2D eigenvalue weighted by molar-refractivity contribution is 7.09. The molecule has 2 rings (SSSR count). The van der Waals surface area contributed by atoms with E-state index in [1.807, 2.05) is 23.6 Å². The van der Waals surface area contributed by atoms with Gasteiger partial charge in [0.1, 0.15) is 29.8 Å². The molecule has 0 aliphatic heterocycles. The third-order valence-corrected chi connectivity index (χ3v) is 3.02. The van der Waals surface area contributed by atoms with Crippen molar-refractivity contribution in [2.75, 3.05) is 5.32 Å². The molecule has 0 aromatic carbocycles. The van der Waals surface area contributed by atoms with Crippen LogP contribution in [0.15, 0.2) is 29.8 Å². The molecule has 0 aliphatic rings. The van der Waals surface area contributed by atoms with Crippen LogP contribution in [0, 0.1) is 11.3 Å². The number of nitriles is 1. The van der Waals surface area contributed by atoms with Crippen LogP contribution in [0.25, 0.3) is 0 Å². The molecule has 0 saturated heterocycles. The summed E-state index contributed by atoms with van der Waals surface area (Å²) in [6, 6.07) is 7.15. The van der Waals surface area contributed by atoms with Crippen LogP contribution >= 0.6 is 11.3 Å². The van der Waals surface area contributed by atoms with E-state index in [1.54, 1.807) is 0 Å². The molecular formula is C12H9N3O3S. The number of nitrogens with one attached hydrogen (secondary N) is 1. The first-order chi connectivity index (χ1) is 9.19. The number of carboxylic acid groups (broad SMARTS) is 1. The first-order valence-corrected chi connectivity index (χ1v) is 6.12. The fourth-order valence-electron chi connectivity index (χ4n) is 1.36. The van der Waals surface area contributed by atoms with Gasteiger partial charge in [0.2, 0.25) is 0 Å². The minimum atomic E-state index is -1.22. The summed E-state index contributed by atoms with van der Waals surface area (Å²) in [5.74, 6) is 0.419. The number of hydrogen-bond acceptors (Lipinski definition) is 5. The molecule has 2 N–H and O–H groups in total. The second-order valence-electron chi connectivity index (χ2n) is 3.48. The maximum atomic E-state index is 10.5. The lowest BCUT2D eigenvalue weighted by molar-refractivity contribution is 0.209. The zero-order valence-corrected chi connectivity index (χ0v) is 10.5. The fourth-order valence-corrected chi connectivity index (χ4v) is 1.98. The van der Waals surface area contributed by atoms with E-state index >= 15 is 0 Å². The molecule has 0 fully saturated rings. The largest absolute Gasteiger partial charge is 0.486 e. The van der Waals surface area contributed by atoms with E-state index in [-0.39, 0.29) is 11.4 Å². The van der Waals surface area contributed by atoms with E-state index in [0.717, 1.165) is 4.88 Å². The highest BCUT2D eigenvalue weighted by Crippen LogP contribution is 2.22. The number of nitrogens with zero attached hydrogens (tertiary/aromatic N) is 2. The number of ether oxygens (including phenoxy) is 1. The number of aromatic nitrogens is 1. The van der Waals surface area contributed by atoms with E-state index in [0.29, 0.717) is 12.4 Å². The summed E-state index contributed by atoms with van der Waals surface area (Å²) in [4.78, 5) is 15.3. The maximum Gasteiger partial charge on any atom is 0.410 e. The van der Waals surface area contributed by atoms with Gasteiger partial charge in [0.05, 0.1) is 6.20 Å². The van der Waals surface area contributed by atoms with Gasteiger partial charge in [0.25, 0.3) is 0 Å². The van der Waals surface area contributed by atoms with Gasteiger partial charge in [-0.2, -0.15) is 5.26 Å². The second-order valence-corrected chi connectivity index (χ2v) is 4.51. The zero-order valence-electron chi connectivity index (χ0n) is 9.66. The molecule has 0 aliphatic carbocycles. The fraction of sp³-hybridized carbons (Fsp3) is 0.0833. The Kier molecular flexibility index (Phi) is 3.95. The molecule has 96 valence electrons. The van der Waals surface area contributed by atoms with Crippen LogP contribution in [0.2, 0.25) is 0 Å². The molecule has 2 aromatic heterocycles. The highest BCUT2D eigenvalue weighted by Gasteiger charge is 2.08. The number of pyridine rings is 1. The summed E-state index contributed by atoms with van der Waals surface area (Å²) in [6.45, 7) is 0.322. The van der Waals surface area contributed by atoms with Crippen LogP contribution in [0.4, 0.5) is 10.6 Å². The summed E-state index contributed by atoms with van der Waals surface area (Å²) < 4.78 is 5.51. The van der Waals surface area contributed by atoms with Crippen LogP contribution in [-0.2, 0) is 6.61 Å². The summed E-state index contributed by atoms with van der Waals surface area (Å²) in [5.41, 5.74) is 0.257. The minimum Gasteiger partial charge on any atom is -0.486 e. The number of carbonyl (C=O) groups is 1. The maximum absolute atomic E-state index is 10.5. The predicted octanol–water partition coefficient (Wildman–Crippen LogP) is 2.68. The van der Waals surface area contributed by atoms with Crippen molar-refractivity contribution in [2.45, 2.75) is 6.61 Å². The third-order valence-electron chi connectivity index (χ3n) is 2.17. The Morgan fingerprint density at radius 2 is 2.47 bits per heavy atom. The summed E-state index contributed by atoms with van der Waals surface area (Å²) in [7, 11) is 0. The van der Waals surface area contributed by atoms with E-state index in [2.05, 4.69) is 10.3 Å². The van der Waals surface area contributed by atoms with Gasteiger partial charge in [0, 0.05) is 10.9 Å². The molecule has 6 nitrogen and oxygen atoms in total. The van der Waals surface area contributed by atoms with Crippen LogP contribution in [0.5, 0.6) is 5.75 Å². The SMILES string of the molecule is N#Cc1cnc(NC(=O)O)cc1OCc1cccs1. The Labute approximate surface area is 112 Å². The molecule has 0 spiro atoms. The summed E-state index contributed by atoms with van der Waals surface area (Å²) in [6.07, 6.45) is 0.0519. The van der Waals surface area contributed by atoms with Crippen molar-refractivity contribution in [3.63, 3.8) is 0 Å². The molecule has 1 amide bonds. The third kappa shape index (κ3) is 3.43. The van der Waals surface area contributed by atoms with Gasteiger partial charge in [-0.25, -0.2) is 9.78 Å². The first kappa shape index (κ1) is 12.9. The van der Waals surface area contributed by atoms with Crippen LogP contribution in [0.1, 0.15) is 10.4 Å². The topological polar surface area (TPSA) is 95.2 Å². The molecule has 19 heavy (non-hydrogen) atoms. The van der Waals surface area contributed by atoms with Crippen molar-refractivity contribution >= 4 is 23.2 Å². The van der Waals surface area contributed by atoms with E-state index in [9.17, 15) is 4.79 Å². The zero-order chi connectivity index (χ0) is 13.7. The van der Waals surface area contributed by atoms with Crippen molar-refractivity contribution in [3.8, 4) is 11.8 Å². The monoisotopic (exact) mass is 275 g/mol. The molecule has 0 atom stereocenters. The van der Waals surface area contributed by atoms with Gasteiger partial charge in [-0.3, -0.25) is 5.32 Å². The quantitative estimate of drug-likeness (QED) is 0.894. The molecule has 0 radical (unpaired) electrons. The Bertz CT molecular complexity index is 620. The summed E-state index contributed by atoms with van der Waals surface area (Å²) in [5, 5.41) is 21.6. The Balaban J connectivity index is 2.16. The van der Waals surface area contributed by atoms with Crippen LogP contribution < -0.4 is 10.1 Å². The van der Waals surface area contributed by atoms with E-state index in [4.69, 9.17) is 15.1 Å². The van der Waals surface area contributed by atoms with Crippen molar-refractivity contribution < 1.29 is 14.6 Å². The Morgan fingerprint density at radius 3 is 3.11 bits per heavy atom. The number of anilines is 1. The minimum absolute atomic E-state index is 0.118. The number of thiophene rings is 1. The number of rotatable bonds is 4. The van der Waals surface area contributed by atoms with Gasteiger partial charge >= 0.3 is 6.09 Å². The Hall–Kier alpha value is -2.59. The predicted molar refractivity (Wildman–Crippen MR) is 69.3 cm³/mol. The van der Waals surface area contributed by atoms with E-state index in [1.165, 1.54) is 23.6 Å². The van der Waals surface area contributed by atoms with Gasteiger partial charge in [-0.1, -0.05) is 6.07 Å². The molecule has 0 saturated carbocycles. The Morgan fingerprint density at radius 1 is 1.63 bits per heavy atom. The second kappa shape index (κ2) is 5.84. The molecule has 7 heteroatoms. The normalized spacial score (nSPS) is 9.63. The molecule has 0 unspecified atom stereocenters. The van der Waals surface area contributed by atoms with Crippen LogP contribution in [-0.4, -0.2) is 16.2 Å². The number of hydrogen-bond donors (Lipinski definition) is 2. The van der Waals surface area contributed by atoms with Gasteiger partial charge in [-0.05, 0) is 11.4 Å². The first-order valence-electron chi connectivity index (χ1n) is 5.24. The van der Waals surface area contributed by atoms with Gasteiger partial charge < -0.3 is 9.84 Å². The lowest BCUT2D eigenvalue weighted by atomic mass is 10.3. The van der Waals surface area contributed by atoms with Gasteiger partial charge in [0.15, 0.2) is 0 Å². The average molecular weight is 275 g/mol. The number of amides is 1. The van der Waals surface area contributed by atoms with Crippen molar-refractivity contribution in [2.24, 2.45) is 0 Å². The highest BCUT2D eigenvalue weighted by atomic mass is 32.1. The standard InChI is InChI=1S/C12H9N3O3S/c13-5-8-6-14-11(15-12(16)17)4-10(8)18-7-9-2-1-3-19-9/h1-4,6H,7H2,(H,14,15)(H,16,17). The summed E-state index contributed by atoms with van der Waals surface area (Å²) >= 11 is 1.54. The molecule has 0 bridgehead atoms.